The van der Waals surface area contributed by atoms with Gasteiger partial charge in [-0.1, -0.05) is 0 Å². The molecule has 90 valence electrons. The third-order valence-corrected chi connectivity index (χ3v) is 2.86. The number of rotatable bonds is 1. The molecule has 0 unspecified atom stereocenters. The Morgan fingerprint density at radius 3 is 2.89 bits per heavy atom. The van der Waals surface area contributed by atoms with E-state index in [1.54, 1.807) is 22.9 Å². The molecule has 0 amide bonds. The fourth-order valence-corrected chi connectivity index (χ4v) is 1.99. The maximum Gasteiger partial charge on any atom is 0.282 e. The number of aromatic amines is 1. The highest BCUT2D eigenvalue weighted by atomic mass is 16.2. The number of fused-ring (bicyclic) bond motifs is 1. The Kier molecular flexibility index (Phi) is 2.19. The van der Waals surface area contributed by atoms with Gasteiger partial charge in [0.15, 0.2) is 5.69 Å². The minimum absolute atomic E-state index is 0.154. The molecule has 0 atom stereocenters. The summed E-state index contributed by atoms with van der Waals surface area (Å²) in [6.45, 7) is 1.86. The van der Waals surface area contributed by atoms with Crippen molar-refractivity contribution in [3.8, 4) is 0 Å². The van der Waals surface area contributed by atoms with Gasteiger partial charge in [-0.2, -0.15) is 5.10 Å². The van der Waals surface area contributed by atoms with Gasteiger partial charge in [0.1, 0.15) is 0 Å². The lowest BCUT2D eigenvalue weighted by molar-refractivity contribution is 0.0960. The topological polar surface area (TPSA) is 76.7 Å². The Morgan fingerprint density at radius 1 is 1.33 bits per heavy atom. The fourth-order valence-electron chi connectivity index (χ4n) is 1.99. The predicted octanol–water partition coefficient (Wildman–Crippen LogP) is 1.94. The van der Waals surface area contributed by atoms with Crippen LogP contribution in [0.25, 0.3) is 10.9 Å². The van der Waals surface area contributed by atoms with Crippen molar-refractivity contribution >= 4 is 22.5 Å². The monoisotopic (exact) mass is 240 g/mol. The van der Waals surface area contributed by atoms with E-state index in [9.17, 15) is 4.79 Å². The molecule has 5 heteroatoms. The van der Waals surface area contributed by atoms with Crippen molar-refractivity contribution in [3.63, 3.8) is 0 Å². The average molecular weight is 240 g/mol. The van der Waals surface area contributed by atoms with Crippen molar-refractivity contribution in [3.05, 3.63) is 47.9 Å². The Hall–Kier alpha value is -2.56. The Bertz CT molecular complexity index is 738. The minimum atomic E-state index is -0.154. The first kappa shape index (κ1) is 10.6. The van der Waals surface area contributed by atoms with Crippen LogP contribution in [0.15, 0.2) is 36.5 Å². The van der Waals surface area contributed by atoms with E-state index in [1.807, 2.05) is 25.1 Å². The second-order valence-electron chi connectivity index (χ2n) is 4.25. The lowest BCUT2D eigenvalue weighted by Gasteiger charge is -2.01. The molecule has 2 aromatic heterocycles. The highest BCUT2D eigenvalue weighted by molar-refractivity contribution is 6.01. The molecule has 0 aliphatic carbocycles. The van der Waals surface area contributed by atoms with Crippen molar-refractivity contribution in [2.45, 2.75) is 6.92 Å². The molecule has 1 aromatic carbocycles. The zero-order chi connectivity index (χ0) is 12.7. The number of H-pyrrole nitrogens is 1. The van der Waals surface area contributed by atoms with Crippen molar-refractivity contribution in [1.82, 2.24) is 14.8 Å². The molecule has 0 spiro atoms. The summed E-state index contributed by atoms with van der Waals surface area (Å²) in [5, 5.41) is 7.68. The summed E-state index contributed by atoms with van der Waals surface area (Å²) in [5.74, 6) is -0.154. The van der Waals surface area contributed by atoms with Crippen LogP contribution in [0.2, 0.25) is 0 Å². The number of nitrogens with zero attached hydrogens (tertiary/aromatic N) is 2. The molecule has 0 bridgehead atoms. The van der Waals surface area contributed by atoms with E-state index in [2.05, 4.69) is 10.2 Å². The number of hydrogen-bond acceptors (Lipinski definition) is 3. The second kappa shape index (κ2) is 3.73. The van der Waals surface area contributed by atoms with Crippen LogP contribution in [-0.4, -0.2) is 20.7 Å². The van der Waals surface area contributed by atoms with Crippen LogP contribution >= 0.6 is 0 Å². The van der Waals surface area contributed by atoms with Gasteiger partial charge in [0.2, 0.25) is 0 Å². The number of nitrogens with one attached hydrogen (secondary N) is 1. The summed E-state index contributed by atoms with van der Waals surface area (Å²) < 4.78 is 1.57. The first-order valence-corrected chi connectivity index (χ1v) is 5.58. The third kappa shape index (κ3) is 1.57. The lowest BCUT2D eigenvalue weighted by atomic mass is 10.2. The Labute approximate surface area is 103 Å². The number of carbonyl (C=O) groups is 1. The van der Waals surface area contributed by atoms with Gasteiger partial charge in [0.05, 0.1) is 5.52 Å². The summed E-state index contributed by atoms with van der Waals surface area (Å²) in [4.78, 5) is 12.3. The molecule has 0 aliphatic heterocycles. The van der Waals surface area contributed by atoms with E-state index in [4.69, 9.17) is 5.73 Å². The van der Waals surface area contributed by atoms with E-state index in [1.165, 1.54) is 0 Å². The normalized spacial score (nSPS) is 10.9. The smallest absolute Gasteiger partial charge is 0.282 e. The SMILES string of the molecule is Cc1cc(C(=O)n2ccc3cc(N)ccc32)n[nH]1. The van der Waals surface area contributed by atoms with Crippen molar-refractivity contribution in [1.29, 1.82) is 0 Å². The van der Waals surface area contributed by atoms with Gasteiger partial charge in [0.25, 0.3) is 5.91 Å². The van der Waals surface area contributed by atoms with Gasteiger partial charge >= 0.3 is 0 Å². The predicted molar refractivity (Wildman–Crippen MR) is 69.4 cm³/mol. The minimum Gasteiger partial charge on any atom is -0.399 e. The first-order valence-electron chi connectivity index (χ1n) is 5.58. The first-order chi connectivity index (χ1) is 8.65. The molecule has 0 aliphatic rings. The third-order valence-electron chi connectivity index (χ3n) is 2.86. The van der Waals surface area contributed by atoms with Crippen LogP contribution in [-0.2, 0) is 0 Å². The summed E-state index contributed by atoms with van der Waals surface area (Å²) in [7, 11) is 0. The quantitative estimate of drug-likeness (QED) is 0.638. The van der Waals surface area contributed by atoms with Gasteiger partial charge in [-0.3, -0.25) is 14.5 Å². The Balaban J connectivity index is 2.12. The van der Waals surface area contributed by atoms with Crippen molar-refractivity contribution in [2.75, 3.05) is 5.73 Å². The van der Waals surface area contributed by atoms with Crippen LogP contribution in [0.4, 0.5) is 5.69 Å². The number of nitrogen functional groups attached to an aromatic ring is 1. The molecule has 0 saturated carbocycles. The van der Waals surface area contributed by atoms with E-state index in [-0.39, 0.29) is 5.91 Å². The molecular formula is C13H12N4O. The van der Waals surface area contributed by atoms with E-state index >= 15 is 0 Å². The number of hydrogen-bond donors (Lipinski definition) is 2. The van der Waals surface area contributed by atoms with Crippen LogP contribution in [0.3, 0.4) is 0 Å². The maximum absolute atomic E-state index is 12.3. The molecule has 3 N–H and O–H groups in total. The summed E-state index contributed by atoms with van der Waals surface area (Å²) in [5.41, 5.74) is 8.49. The molecule has 3 aromatic rings. The highest BCUT2D eigenvalue weighted by Gasteiger charge is 2.13. The fraction of sp³-hybridized carbons (Fsp3) is 0.0769. The number of carbonyl (C=O) groups excluding carboxylic acids is 1. The number of anilines is 1. The molecule has 3 rings (SSSR count). The molecule has 0 fully saturated rings. The van der Waals surface area contributed by atoms with Crippen LogP contribution in [0.5, 0.6) is 0 Å². The Morgan fingerprint density at radius 2 is 2.17 bits per heavy atom. The van der Waals surface area contributed by atoms with Gasteiger partial charge in [-0.25, -0.2) is 0 Å². The largest absolute Gasteiger partial charge is 0.399 e. The van der Waals surface area contributed by atoms with E-state index < -0.39 is 0 Å². The lowest BCUT2D eigenvalue weighted by Crippen LogP contribution is -2.11. The van der Waals surface area contributed by atoms with Crippen LogP contribution in [0.1, 0.15) is 16.2 Å². The summed E-state index contributed by atoms with van der Waals surface area (Å²) >= 11 is 0. The standard InChI is InChI=1S/C13H12N4O/c1-8-6-11(16-15-8)13(18)17-5-4-9-7-10(14)2-3-12(9)17/h2-7H,14H2,1H3,(H,15,16). The molecule has 18 heavy (non-hydrogen) atoms. The number of nitrogens with two attached hydrogens (primary N) is 1. The van der Waals surface area contributed by atoms with Crippen LogP contribution < -0.4 is 5.73 Å². The number of benzene rings is 1. The van der Waals surface area contributed by atoms with Gasteiger partial charge in [-0.15, -0.1) is 0 Å². The van der Waals surface area contributed by atoms with Gasteiger partial charge < -0.3 is 5.73 Å². The van der Waals surface area contributed by atoms with Crippen molar-refractivity contribution in [2.24, 2.45) is 0 Å². The average Bonchev–Trinajstić information content (AvgIpc) is 2.94. The van der Waals surface area contributed by atoms with Gasteiger partial charge in [-0.05, 0) is 37.3 Å². The van der Waals surface area contributed by atoms with Gasteiger partial charge in [0, 0.05) is 23.0 Å². The number of aryl methyl sites for hydroxylation is 1. The van der Waals surface area contributed by atoms with E-state index in [0.29, 0.717) is 11.4 Å². The summed E-state index contributed by atoms with van der Waals surface area (Å²) in [6.07, 6.45) is 1.73. The zero-order valence-electron chi connectivity index (χ0n) is 9.84. The number of aromatic nitrogens is 3. The molecule has 0 saturated heterocycles. The molecule has 0 radical (unpaired) electrons. The highest BCUT2D eigenvalue weighted by Crippen LogP contribution is 2.19. The molecule has 2 heterocycles. The molecular weight excluding hydrogens is 228 g/mol. The van der Waals surface area contributed by atoms with Crippen molar-refractivity contribution < 1.29 is 4.79 Å². The van der Waals surface area contributed by atoms with E-state index in [0.717, 1.165) is 16.6 Å². The summed E-state index contributed by atoms with van der Waals surface area (Å²) in [6, 6.07) is 9.05. The zero-order valence-corrected chi connectivity index (χ0v) is 9.84. The maximum atomic E-state index is 12.3. The van der Waals surface area contributed by atoms with Crippen LogP contribution in [0, 0.1) is 6.92 Å². The second-order valence-corrected chi connectivity index (χ2v) is 4.25. The molecule has 5 nitrogen and oxygen atoms in total.